The van der Waals surface area contributed by atoms with Crippen molar-refractivity contribution in [3.63, 3.8) is 0 Å². The lowest BCUT2D eigenvalue weighted by Gasteiger charge is -2.29. The molecule has 1 aliphatic carbocycles. The van der Waals surface area contributed by atoms with Crippen LogP contribution in [0.5, 0.6) is 11.5 Å². The van der Waals surface area contributed by atoms with Crippen molar-refractivity contribution in [3.05, 3.63) is 95.8 Å². The molecular formula is C31H33F3O3. The van der Waals surface area contributed by atoms with Gasteiger partial charge in [0.2, 0.25) is 5.82 Å². The summed E-state index contributed by atoms with van der Waals surface area (Å²) in [5.41, 5.74) is 2.06. The minimum Gasteiger partial charge on any atom is -0.493 e. The molecule has 0 saturated heterocycles. The van der Waals surface area contributed by atoms with E-state index in [1.54, 1.807) is 49.4 Å². The average molecular weight is 511 g/mol. The van der Waals surface area contributed by atoms with Gasteiger partial charge in [-0.15, -0.1) is 6.58 Å². The number of hydrogen-bond donors (Lipinski definition) is 1. The zero-order valence-electron chi connectivity index (χ0n) is 21.1. The highest BCUT2D eigenvalue weighted by Gasteiger charge is 2.26. The van der Waals surface area contributed by atoms with Crippen molar-refractivity contribution in [2.45, 2.75) is 51.0 Å². The smallest absolute Gasteiger partial charge is 0.201 e. The highest BCUT2D eigenvalue weighted by atomic mass is 19.2. The first-order valence-electron chi connectivity index (χ1n) is 12.8. The normalized spacial score (nSPS) is 18.3. The molecule has 1 unspecified atom stereocenters. The summed E-state index contributed by atoms with van der Waals surface area (Å²) in [7, 11) is 0. The maximum atomic E-state index is 14.8. The van der Waals surface area contributed by atoms with Gasteiger partial charge in [0.25, 0.3) is 0 Å². The third kappa shape index (κ3) is 6.55. The molecule has 0 spiro atoms. The summed E-state index contributed by atoms with van der Waals surface area (Å²) in [6.45, 7) is 6.04. The highest BCUT2D eigenvalue weighted by Crippen LogP contribution is 2.38. The molecule has 4 rings (SSSR count). The van der Waals surface area contributed by atoms with Gasteiger partial charge < -0.3 is 14.6 Å². The number of ether oxygens (including phenoxy) is 2. The van der Waals surface area contributed by atoms with E-state index in [0.717, 1.165) is 25.7 Å². The summed E-state index contributed by atoms with van der Waals surface area (Å²) in [6.07, 6.45) is 5.08. The Labute approximate surface area is 216 Å². The van der Waals surface area contributed by atoms with Gasteiger partial charge in [0.1, 0.15) is 11.6 Å². The molecule has 3 nitrogen and oxygen atoms in total. The molecular weight excluding hydrogens is 477 g/mol. The van der Waals surface area contributed by atoms with Crippen LogP contribution in [0.4, 0.5) is 13.2 Å². The molecule has 0 radical (unpaired) electrons. The van der Waals surface area contributed by atoms with E-state index in [-0.39, 0.29) is 35.6 Å². The molecule has 6 heteroatoms. The van der Waals surface area contributed by atoms with E-state index >= 15 is 0 Å². The van der Waals surface area contributed by atoms with Crippen molar-refractivity contribution < 1.29 is 27.8 Å². The number of hydrogen-bond acceptors (Lipinski definition) is 3. The van der Waals surface area contributed by atoms with Crippen LogP contribution in [0.25, 0.3) is 11.1 Å². The lowest BCUT2D eigenvalue weighted by Crippen LogP contribution is -2.20. The fourth-order valence-corrected chi connectivity index (χ4v) is 4.84. The van der Waals surface area contributed by atoms with E-state index in [2.05, 4.69) is 6.58 Å². The molecule has 0 aromatic heterocycles. The molecule has 1 saturated carbocycles. The number of rotatable bonds is 10. The lowest BCUT2D eigenvalue weighted by atomic mass is 9.79. The molecule has 37 heavy (non-hydrogen) atoms. The lowest BCUT2D eigenvalue weighted by molar-refractivity contribution is 0.192. The Kier molecular flexibility index (Phi) is 8.93. The number of aliphatic hydroxyl groups excluding tert-OH is 1. The Morgan fingerprint density at radius 2 is 1.68 bits per heavy atom. The molecule has 1 atom stereocenters. The summed E-state index contributed by atoms with van der Waals surface area (Å²) in [5, 5.41) is 9.64. The van der Waals surface area contributed by atoms with E-state index in [4.69, 9.17) is 9.47 Å². The van der Waals surface area contributed by atoms with Gasteiger partial charge >= 0.3 is 0 Å². The van der Waals surface area contributed by atoms with E-state index in [1.165, 1.54) is 18.2 Å². The summed E-state index contributed by atoms with van der Waals surface area (Å²) < 4.78 is 55.5. The van der Waals surface area contributed by atoms with Gasteiger partial charge in [0.15, 0.2) is 11.6 Å². The van der Waals surface area contributed by atoms with Crippen molar-refractivity contribution in [3.8, 4) is 22.6 Å². The van der Waals surface area contributed by atoms with Crippen LogP contribution >= 0.6 is 0 Å². The average Bonchev–Trinajstić information content (AvgIpc) is 2.90. The van der Waals surface area contributed by atoms with Gasteiger partial charge in [0.05, 0.1) is 19.3 Å². The zero-order chi connectivity index (χ0) is 26.4. The molecule has 0 bridgehead atoms. The van der Waals surface area contributed by atoms with Crippen LogP contribution in [0, 0.1) is 23.4 Å². The molecule has 3 aromatic rings. The van der Waals surface area contributed by atoms with Crippen LogP contribution in [-0.2, 0) is 0 Å². The third-order valence-corrected chi connectivity index (χ3v) is 7.07. The first-order valence-corrected chi connectivity index (χ1v) is 12.8. The number of halogens is 3. The Morgan fingerprint density at radius 3 is 2.32 bits per heavy atom. The second-order valence-electron chi connectivity index (χ2n) is 9.67. The predicted octanol–water partition coefficient (Wildman–Crippen LogP) is 8.13. The quantitative estimate of drug-likeness (QED) is 0.221. The van der Waals surface area contributed by atoms with E-state index in [0.29, 0.717) is 35.5 Å². The van der Waals surface area contributed by atoms with Gasteiger partial charge in [0, 0.05) is 11.6 Å². The Balaban J connectivity index is 1.32. The van der Waals surface area contributed by atoms with Gasteiger partial charge in [-0.2, -0.15) is 4.39 Å². The largest absolute Gasteiger partial charge is 0.493 e. The SMILES string of the molecule is C=CCCOc1ccc(C2CCC(COc3ccc(-c4ccc(C(C)O)cc4)c(F)c3F)CC2)c(F)c1. The summed E-state index contributed by atoms with van der Waals surface area (Å²) in [4.78, 5) is 0. The molecule has 3 aromatic carbocycles. The van der Waals surface area contributed by atoms with Crippen LogP contribution in [-0.4, -0.2) is 18.3 Å². The minimum absolute atomic E-state index is 0.109. The second-order valence-corrected chi connectivity index (χ2v) is 9.67. The van der Waals surface area contributed by atoms with Crippen LogP contribution in [0.2, 0.25) is 0 Å². The van der Waals surface area contributed by atoms with E-state index < -0.39 is 17.7 Å². The molecule has 1 N–H and O–H groups in total. The fraction of sp³-hybridized carbons (Fsp3) is 0.355. The number of aliphatic hydroxyl groups is 1. The van der Waals surface area contributed by atoms with Crippen LogP contribution in [0.3, 0.4) is 0 Å². The summed E-state index contributed by atoms with van der Waals surface area (Å²) in [6, 6.07) is 14.7. The monoisotopic (exact) mass is 510 g/mol. The molecule has 0 heterocycles. The highest BCUT2D eigenvalue weighted by molar-refractivity contribution is 5.65. The topological polar surface area (TPSA) is 38.7 Å². The summed E-state index contributed by atoms with van der Waals surface area (Å²) in [5.74, 6) is -1.51. The number of benzene rings is 3. The third-order valence-electron chi connectivity index (χ3n) is 7.07. The predicted molar refractivity (Wildman–Crippen MR) is 139 cm³/mol. The van der Waals surface area contributed by atoms with Gasteiger partial charge in [-0.05, 0) is 85.8 Å². The first-order chi connectivity index (χ1) is 17.9. The standard InChI is InChI=1S/C31H33F3O3/c1-3-4-17-36-25-13-14-26(28(32)18-25)23-7-5-21(6-8-23)19-37-29-16-15-27(30(33)31(29)34)24-11-9-22(10-12-24)20(2)35/h3,9-16,18,20-21,23,35H,1,4-8,17,19H2,2H3. The van der Waals surface area contributed by atoms with Crippen LogP contribution < -0.4 is 9.47 Å². The van der Waals surface area contributed by atoms with E-state index in [9.17, 15) is 18.3 Å². The Hall–Kier alpha value is -3.25. The molecule has 0 aliphatic heterocycles. The minimum atomic E-state index is -1.01. The maximum Gasteiger partial charge on any atom is 0.201 e. The Morgan fingerprint density at radius 1 is 0.946 bits per heavy atom. The van der Waals surface area contributed by atoms with Crippen LogP contribution in [0.15, 0.2) is 67.3 Å². The Bertz CT molecular complexity index is 1200. The van der Waals surface area contributed by atoms with Crippen molar-refractivity contribution in [1.29, 1.82) is 0 Å². The molecule has 1 aliphatic rings. The van der Waals surface area contributed by atoms with Crippen molar-refractivity contribution in [2.24, 2.45) is 5.92 Å². The van der Waals surface area contributed by atoms with Crippen LogP contribution in [0.1, 0.15) is 62.2 Å². The van der Waals surface area contributed by atoms with Gasteiger partial charge in [-0.1, -0.05) is 36.4 Å². The van der Waals surface area contributed by atoms with Gasteiger partial charge in [-0.3, -0.25) is 0 Å². The summed E-state index contributed by atoms with van der Waals surface area (Å²) >= 11 is 0. The molecule has 1 fully saturated rings. The van der Waals surface area contributed by atoms with Crippen molar-refractivity contribution in [2.75, 3.05) is 13.2 Å². The fourth-order valence-electron chi connectivity index (χ4n) is 4.84. The molecule has 196 valence electrons. The second kappa shape index (κ2) is 12.3. The van der Waals surface area contributed by atoms with Crippen molar-refractivity contribution >= 4 is 0 Å². The molecule has 0 amide bonds. The van der Waals surface area contributed by atoms with E-state index in [1.807, 2.05) is 0 Å². The maximum absolute atomic E-state index is 14.8. The van der Waals surface area contributed by atoms with Crippen molar-refractivity contribution in [1.82, 2.24) is 0 Å². The first kappa shape index (κ1) is 26.8. The van der Waals surface area contributed by atoms with Gasteiger partial charge in [-0.25, -0.2) is 8.78 Å². The zero-order valence-corrected chi connectivity index (χ0v) is 21.1.